The quantitative estimate of drug-likeness (QED) is 0.813. The summed E-state index contributed by atoms with van der Waals surface area (Å²) in [4.78, 5) is 11.3. The molecule has 3 rings (SSSR count). The van der Waals surface area contributed by atoms with Crippen LogP contribution in [0.15, 0.2) is 23.1 Å². The van der Waals surface area contributed by atoms with Gasteiger partial charge in [-0.25, -0.2) is 8.42 Å². The molecule has 0 bridgehead atoms. The fourth-order valence-corrected chi connectivity index (χ4v) is 4.79. The lowest BCUT2D eigenvalue weighted by atomic mass is 9.96. The highest BCUT2D eigenvalue weighted by molar-refractivity contribution is 7.89. The van der Waals surface area contributed by atoms with Crippen LogP contribution in [0, 0.1) is 5.92 Å². The maximum atomic E-state index is 13.0. The SMILES string of the molecule is CC1CCC(C(=O)O)CN1S(=O)(=O)c1ccc(Cl)c(-c2nn[nH]n2)c1. The molecule has 1 aromatic carbocycles. The summed E-state index contributed by atoms with van der Waals surface area (Å²) in [6.45, 7) is 1.71. The zero-order valence-electron chi connectivity index (χ0n) is 13.3. The molecule has 2 atom stereocenters. The Hall–Kier alpha value is -2.04. The predicted molar refractivity (Wildman–Crippen MR) is 88.3 cm³/mol. The van der Waals surface area contributed by atoms with E-state index in [9.17, 15) is 18.3 Å². The lowest BCUT2D eigenvalue weighted by molar-refractivity contribution is -0.143. The lowest BCUT2D eigenvalue weighted by Crippen LogP contribution is -2.47. The number of aromatic nitrogens is 4. The number of rotatable bonds is 4. The van der Waals surface area contributed by atoms with Crippen LogP contribution in [0.5, 0.6) is 0 Å². The number of hydrogen-bond donors (Lipinski definition) is 2. The lowest BCUT2D eigenvalue weighted by Gasteiger charge is -2.35. The van der Waals surface area contributed by atoms with E-state index in [2.05, 4.69) is 20.6 Å². The number of piperidine rings is 1. The summed E-state index contributed by atoms with van der Waals surface area (Å²) in [6.07, 6.45) is 0.943. The fourth-order valence-electron chi connectivity index (χ4n) is 2.86. The van der Waals surface area contributed by atoms with Gasteiger partial charge in [0, 0.05) is 18.2 Å². The summed E-state index contributed by atoms with van der Waals surface area (Å²) in [6, 6.07) is 3.92. The zero-order valence-corrected chi connectivity index (χ0v) is 14.8. The molecule has 9 nitrogen and oxygen atoms in total. The topological polar surface area (TPSA) is 129 Å². The highest BCUT2D eigenvalue weighted by Crippen LogP contribution is 2.32. The predicted octanol–water partition coefficient (Wildman–Crippen LogP) is 1.39. The van der Waals surface area contributed by atoms with Crippen LogP contribution >= 0.6 is 11.6 Å². The van der Waals surface area contributed by atoms with Gasteiger partial charge in [-0.15, -0.1) is 10.2 Å². The largest absolute Gasteiger partial charge is 0.481 e. The number of carboxylic acids is 1. The third kappa shape index (κ3) is 3.37. The van der Waals surface area contributed by atoms with Crippen LogP contribution in [0.1, 0.15) is 19.8 Å². The summed E-state index contributed by atoms with van der Waals surface area (Å²) in [7, 11) is -3.88. The van der Waals surface area contributed by atoms with Gasteiger partial charge in [0.2, 0.25) is 15.8 Å². The first-order chi connectivity index (χ1) is 11.8. The van der Waals surface area contributed by atoms with E-state index in [1.165, 1.54) is 22.5 Å². The van der Waals surface area contributed by atoms with Crippen molar-refractivity contribution in [2.24, 2.45) is 5.92 Å². The van der Waals surface area contributed by atoms with Gasteiger partial charge in [0.15, 0.2) is 0 Å². The van der Waals surface area contributed by atoms with Gasteiger partial charge in [-0.2, -0.15) is 9.52 Å². The molecule has 1 saturated heterocycles. The summed E-state index contributed by atoms with van der Waals surface area (Å²) in [5.41, 5.74) is 0.330. The van der Waals surface area contributed by atoms with Crippen molar-refractivity contribution < 1.29 is 18.3 Å². The van der Waals surface area contributed by atoms with Crippen LogP contribution in [-0.2, 0) is 14.8 Å². The molecular formula is C14H16ClN5O4S. The van der Waals surface area contributed by atoms with Gasteiger partial charge in [0.05, 0.1) is 15.8 Å². The summed E-state index contributed by atoms with van der Waals surface area (Å²) in [5, 5.41) is 22.9. The number of nitrogens with zero attached hydrogens (tertiary/aromatic N) is 4. The normalized spacial score (nSPS) is 22.0. The van der Waals surface area contributed by atoms with Crippen molar-refractivity contribution in [1.29, 1.82) is 0 Å². The van der Waals surface area contributed by atoms with Gasteiger partial charge < -0.3 is 5.11 Å². The highest BCUT2D eigenvalue weighted by Gasteiger charge is 2.37. The molecule has 2 heterocycles. The number of nitrogens with one attached hydrogen (secondary N) is 1. The van der Waals surface area contributed by atoms with Crippen LogP contribution in [-0.4, -0.2) is 57.0 Å². The summed E-state index contributed by atoms with van der Waals surface area (Å²) in [5.74, 6) is -1.53. The van der Waals surface area contributed by atoms with E-state index < -0.39 is 21.9 Å². The van der Waals surface area contributed by atoms with Gasteiger partial charge in [0.25, 0.3) is 0 Å². The average molecular weight is 386 g/mol. The van der Waals surface area contributed by atoms with Gasteiger partial charge >= 0.3 is 5.97 Å². The number of H-pyrrole nitrogens is 1. The monoisotopic (exact) mass is 385 g/mol. The first-order valence-corrected chi connectivity index (χ1v) is 9.40. The van der Waals surface area contributed by atoms with Crippen molar-refractivity contribution in [3.8, 4) is 11.4 Å². The van der Waals surface area contributed by atoms with Crippen molar-refractivity contribution in [3.63, 3.8) is 0 Å². The number of benzene rings is 1. The summed E-state index contributed by atoms with van der Waals surface area (Å²) >= 11 is 6.11. The van der Waals surface area contributed by atoms with Crippen LogP contribution in [0.2, 0.25) is 5.02 Å². The Morgan fingerprint density at radius 2 is 2.16 bits per heavy atom. The highest BCUT2D eigenvalue weighted by atomic mass is 35.5. The number of carboxylic acid groups (broad SMARTS) is 1. The standard InChI is InChI=1S/C14H16ClN5O4S/c1-8-2-3-9(14(21)22)7-20(8)25(23,24)10-4-5-12(15)11(6-10)13-16-18-19-17-13/h4-6,8-9H,2-3,7H2,1H3,(H,21,22)(H,16,17,18,19). The first-order valence-electron chi connectivity index (χ1n) is 7.58. The molecule has 2 unspecified atom stereocenters. The molecule has 2 aromatic rings. The van der Waals surface area contributed by atoms with Crippen LogP contribution in [0.25, 0.3) is 11.4 Å². The average Bonchev–Trinajstić information content (AvgIpc) is 3.09. The second-order valence-electron chi connectivity index (χ2n) is 5.91. The van der Waals surface area contributed by atoms with Crippen molar-refractivity contribution in [1.82, 2.24) is 24.9 Å². The molecule has 0 spiro atoms. The maximum Gasteiger partial charge on any atom is 0.307 e. The molecule has 1 aliphatic rings. The smallest absolute Gasteiger partial charge is 0.307 e. The Morgan fingerprint density at radius 1 is 1.40 bits per heavy atom. The van der Waals surface area contributed by atoms with Crippen molar-refractivity contribution in [2.75, 3.05) is 6.54 Å². The molecule has 11 heteroatoms. The number of tetrazole rings is 1. The Morgan fingerprint density at radius 3 is 2.80 bits per heavy atom. The Balaban J connectivity index is 1.99. The molecule has 0 radical (unpaired) electrons. The third-order valence-electron chi connectivity index (χ3n) is 4.30. The second kappa shape index (κ2) is 6.70. The van der Waals surface area contributed by atoms with E-state index >= 15 is 0 Å². The molecule has 25 heavy (non-hydrogen) atoms. The number of carbonyl (C=O) groups is 1. The minimum atomic E-state index is -3.88. The molecule has 0 saturated carbocycles. The number of aliphatic carboxylic acids is 1. The number of hydrogen-bond acceptors (Lipinski definition) is 6. The molecular weight excluding hydrogens is 370 g/mol. The van der Waals surface area contributed by atoms with Gasteiger partial charge in [-0.3, -0.25) is 4.79 Å². The van der Waals surface area contributed by atoms with Crippen LogP contribution in [0.4, 0.5) is 0 Å². The number of sulfonamides is 1. The molecule has 0 amide bonds. The van der Waals surface area contributed by atoms with Crippen LogP contribution < -0.4 is 0 Å². The minimum Gasteiger partial charge on any atom is -0.481 e. The van der Waals surface area contributed by atoms with Gasteiger partial charge in [-0.05, 0) is 43.2 Å². The van der Waals surface area contributed by atoms with Crippen molar-refractivity contribution in [3.05, 3.63) is 23.2 Å². The Bertz CT molecular complexity index is 887. The van der Waals surface area contributed by atoms with Gasteiger partial charge in [0.1, 0.15) is 0 Å². The second-order valence-corrected chi connectivity index (χ2v) is 8.21. The van der Waals surface area contributed by atoms with Crippen molar-refractivity contribution in [2.45, 2.75) is 30.7 Å². The van der Waals surface area contributed by atoms with Gasteiger partial charge in [-0.1, -0.05) is 11.6 Å². The number of halogens is 1. The number of aromatic amines is 1. The zero-order chi connectivity index (χ0) is 18.2. The van der Waals surface area contributed by atoms with E-state index in [-0.39, 0.29) is 28.3 Å². The fraction of sp³-hybridized carbons (Fsp3) is 0.429. The molecule has 0 aliphatic carbocycles. The molecule has 134 valence electrons. The molecule has 1 fully saturated rings. The summed E-state index contributed by atoms with van der Waals surface area (Å²) < 4.78 is 27.3. The Kier molecular flexibility index (Phi) is 4.76. The third-order valence-corrected chi connectivity index (χ3v) is 6.61. The van der Waals surface area contributed by atoms with E-state index in [1.54, 1.807) is 6.92 Å². The van der Waals surface area contributed by atoms with Crippen molar-refractivity contribution >= 4 is 27.6 Å². The van der Waals surface area contributed by atoms with E-state index in [1.807, 2.05) is 0 Å². The van der Waals surface area contributed by atoms with E-state index in [4.69, 9.17) is 11.6 Å². The van der Waals surface area contributed by atoms with E-state index in [0.29, 0.717) is 18.4 Å². The molecule has 1 aliphatic heterocycles. The first kappa shape index (κ1) is 17.8. The van der Waals surface area contributed by atoms with E-state index in [0.717, 1.165) is 0 Å². The minimum absolute atomic E-state index is 0.00888. The molecule has 1 aromatic heterocycles. The Labute approximate surface area is 149 Å². The maximum absolute atomic E-state index is 13.0. The van der Waals surface area contributed by atoms with Crippen LogP contribution in [0.3, 0.4) is 0 Å². The molecule has 2 N–H and O–H groups in total.